The Morgan fingerprint density at radius 1 is 1.24 bits per heavy atom. The van der Waals surface area contributed by atoms with E-state index in [1.165, 1.54) is 4.90 Å². The van der Waals surface area contributed by atoms with E-state index in [0.717, 1.165) is 52.4 Å². The van der Waals surface area contributed by atoms with Crippen molar-refractivity contribution in [2.75, 3.05) is 18.6 Å². The van der Waals surface area contributed by atoms with Gasteiger partial charge in [0.1, 0.15) is 18.4 Å². The second-order valence-corrected chi connectivity index (χ2v) is 8.43. The number of anilines is 1. The summed E-state index contributed by atoms with van der Waals surface area (Å²) in [4.78, 5) is 3.40. The van der Waals surface area contributed by atoms with Crippen molar-refractivity contribution in [2.24, 2.45) is 0 Å². The van der Waals surface area contributed by atoms with Crippen LogP contribution in [-0.4, -0.2) is 13.7 Å². The smallest absolute Gasteiger partial charge is 0.216 e. The van der Waals surface area contributed by atoms with Crippen molar-refractivity contribution < 1.29 is 33.3 Å². The van der Waals surface area contributed by atoms with E-state index in [0.29, 0.717) is 5.57 Å². The average Bonchev–Trinajstić information content (AvgIpc) is 3.20. The number of pyridine rings is 1. The molecule has 4 rings (SSSR count). The summed E-state index contributed by atoms with van der Waals surface area (Å²) in [6.45, 7) is 7.65. The second-order valence-electron chi connectivity index (χ2n) is 7.40. The molecule has 1 aliphatic rings. The van der Waals surface area contributed by atoms with E-state index in [1.807, 2.05) is 36.4 Å². The Morgan fingerprint density at radius 3 is 2.79 bits per heavy atom. The van der Waals surface area contributed by atoms with Gasteiger partial charge in [0, 0.05) is 17.5 Å². The normalized spacial score (nSPS) is 14.0. The summed E-state index contributed by atoms with van der Waals surface area (Å²) < 4.78 is 7.62. The number of rotatable bonds is 7. The number of methoxy groups -OCH3 is 1. The van der Waals surface area contributed by atoms with Crippen molar-refractivity contribution in [1.29, 1.82) is 5.26 Å². The quantitative estimate of drug-likeness (QED) is 0.191. The molecule has 0 saturated heterocycles. The lowest BCUT2D eigenvalue weighted by Gasteiger charge is -2.20. The number of nitrogens with zero attached hydrogens (tertiary/aromatic N) is 3. The van der Waals surface area contributed by atoms with Gasteiger partial charge in [-0.25, -0.2) is 0 Å². The van der Waals surface area contributed by atoms with Crippen LogP contribution < -0.4 is 38.2 Å². The van der Waals surface area contributed by atoms with Crippen molar-refractivity contribution in [2.45, 2.75) is 24.8 Å². The van der Waals surface area contributed by atoms with Crippen molar-refractivity contribution in [3.8, 4) is 11.8 Å². The fraction of sp³-hybridized carbons (Fsp3) is 0.185. The number of hydrogen-bond donors (Lipinski definition) is 0. The minimum atomic E-state index is 0. The molecule has 1 aliphatic heterocycles. The van der Waals surface area contributed by atoms with Crippen LogP contribution in [0.3, 0.4) is 0 Å². The molecule has 0 unspecified atom stereocenters. The summed E-state index contributed by atoms with van der Waals surface area (Å²) in [6, 6.07) is 18.9. The minimum absolute atomic E-state index is 0. The van der Waals surface area contributed by atoms with E-state index in [2.05, 4.69) is 65.6 Å². The molecule has 0 N–H and O–H groups in total. The molecule has 0 amide bonds. The van der Waals surface area contributed by atoms with Crippen LogP contribution in [0.5, 0.6) is 5.75 Å². The third-order valence-electron chi connectivity index (χ3n) is 5.55. The van der Waals surface area contributed by atoms with Crippen LogP contribution in [0, 0.1) is 11.3 Å². The van der Waals surface area contributed by atoms with E-state index < -0.39 is 0 Å². The number of aromatic nitrogens is 1. The molecule has 1 aromatic heterocycles. The lowest BCUT2D eigenvalue weighted by molar-refractivity contribution is -0.667. The zero-order valence-electron chi connectivity index (χ0n) is 18.8. The summed E-state index contributed by atoms with van der Waals surface area (Å²) in [5.74, 6) is 0.832. The standard InChI is InChI=1S/C27H26N3OS.HI/c1-4-6-16-30-24-9-7-8-10-26(24)32-27(30)21(19-28)12-11-20-15-17-29(5-2)25-18-22(31-3)13-14-23(20)25;/h4,7-15,17-18H,1,5-6,16H2,2-3H3;1H/q+1;/p-1. The number of para-hydroxylation sites is 1. The molecular weight excluding hydrogens is 541 g/mol. The number of ether oxygens (including phenoxy) is 1. The third-order valence-corrected chi connectivity index (χ3v) is 6.74. The monoisotopic (exact) mass is 567 g/mol. The molecule has 0 aliphatic carbocycles. The van der Waals surface area contributed by atoms with Gasteiger partial charge in [0.05, 0.1) is 34.9 Å². The van der Waals surface area contributed by atoms with Crippen LogP contribution in [0.2, 0.25) is 0 Å². The summed E-state index contributed by atoms with van der Waals surface area (Å²) in [6.07, 6.45) is 8.82. The number of benzene rings is 2. The fourth-order valence-corrected chi connectivity index (χ4v) is 5.05. The number of halogens is 1. The van der Waals surface area contributed by atoms with Crippen LogP contribution in [0.15, 0.2) is 89.0 Å². The largest absolute Gasteiger partial charge is 1.00 e. The summed E-state index contributed by atoms with van der Waals surface area (Å²) in [5, 5.41) is 12.1. The van der Waals surface area contributed by atoms with Crippen molar-refractivity contribution in [3.05, 3.63) is 89.6 Å². The molecule has 168 valence electrons. The first-order valence-corrected chi connectivity index (χ1v) is 11.5. The Morgan fingerprint density at radius 2 is 2.06 bits per heavy atom. The van der Waals surface area contributed by atoms with E-state index in [1.54, 1.807) is 18.9 Å². The maximum atomic E-state index is 10.0. The molecule has 0 fully saturated rings. The molecule has 0 atom stereocenters. The molecule has 0 bridgehead atoms. The minimum Gasteiger partial charge on any atom is -1.00 e. The van der Waals surface area contributed by atoms with E-state index in [-0.39, 0.29) is 24.0 Å². The van der Waals surface area contributed by atoms with Crippen LogP contribution >= 0.6 is 11.8 Å². The van der Waals surface area contributed by atoms with Crippen LogP contribution in [0.25, 0.3) is 17.0 Å². The predicted molar refractivity (Wildman–Crippen MR) is 133 cm³/mol. The molecule has 0 saturated carbocycles. The molecule has 4 nitrogen and oxygen atoms in total. The maximum absolute atomic E-state index is 10.0. The zero-order chi connectivity index (χ0) is 22.5. The summed E-state index contributed by atoms with van der Waals surface area (Å²) >= 11 is 1.65. The highest BCUT2D eigenvalue weighted by atomic mass is 127. The lowest BCUT2D eigenvalue weighted by Crippen LogP contribution is -3.00. The molecule has 0 spiro atoms. The van der Waals surface area contributed by atoms with Gasteiger partial charge in [-0.05, 0) is 49.2 Å². The molecule has 33 heavy (non-hydrogen) atoms. The second kappa shape index (κ2) is 11.4. The summed E-state index contributed by atoms with van der Waals surface area (Å²) in [7, 11) is 1.68. The number of fused-ring (bicyclic) bond motifs is 2. The third kappa shape index (κ3) is 5.10. The van der Waals surface area contributed by atoms with Gasteiger partial charge < -0.3 is 33.6 Å². The Hall–Kier alpha value is -2.76. The molecule has 3 aromatic rings. The van der Waals surface area contributed by atoms with Crippen molar-refractivity contribution in [3.63, 3.8) is 0 Å². The molecule has 2 aromatic carbocycles. The van der Waals surface area contributed by atoms with Crippen molar-refractivity contribution >= 4 is 34.4 Å². The number of allylic oxidation sites excluding steroid dienone is 2. The van der Waals surface area contributed by atoms with Gasteiger partial charge >= 0.3 is 0 Å². The highest BCUT2D eigenvalue weighted by Crippen LogP contribution is 2.47. The van der Waals surface area contributed by atoms with E-state index in [4.69, 9.17) is 4.74 Å². The van der Waals surface area contributed by atoms with Gasteiger partial charge in [-0.1, -0.05) is 36.0 Å². The molecule has 0 radical (unpaired) electrons. The lowest BCUT2D eigenvalue weighted by atomic mass is 10.1. The SMILES string of the molecule is C=CCCN1/C(=C(C#N)\C=C\c2cc[n+](CC)c3cc(OC)ccc23)Sc2ccccc21.[I-]. The molecule has 6 heteroatoms. The number of thioether (sulfide) groups is 1. The first kappa shape index (κ1) is 24.9. The Kier molecular flexibility index (Phi) is 8.59. The number of hydrogen-bond acceptors (Lipinski definition) is 4. The average molecular weight is 567 g/mol. The van der Waals surface area contributed by atoms with Gasteiger partial charge in [-0.15, -0.1) is 6.58 Å². The molecular formula is C27H26IN3OS. The van der Waals surface area contributed by atoms with Crippen molar-refractivity contribution in [1.82, 2.24) is 0 Å². The van der Waals surface area contributed by atoms with E-state index >= 15 is 0 Å². The first-order chi connectivity index (χ1) is 15.7. The van der Waals surface area contributed by atoms with Crippen LogP contribution in [-0.2, 0) is 6.54 Å². The van der Waals surface area contributed by atoms with Crippen LogP contribution in [0.4, 0.5) is 5.69 Å². The number of nitriles is 1. The fourth-order valence-electron chi connectivity index (χ4n) is 3.89. The molecule has 2 heterocycles. The maximum Gasteiger partial charge on any atom is 0.216 e. The Bertz CT molecular complexity index is 1280. The van der Waals surface area contributed by atoms with Gasteiger partial charge in [0.2, 0.25) is 5.52 Å². The Labute approximate surface area is 216 Å². The van der Waals surface area contributed by atoms with Gasteiger partial charge in [0.15, 0.2) is 6.20 Å². The zero-order valence-corrected chi connectivity index (χ0v) is 21.8. The topological polar surface area (TPSA) is 40.1 Å². The first-order valence-electron chi connectivity index (χ1n) is 10.7. The predicted octanol–water partition coefficient (Wildman–Crippen LogP) is 3.10. The highest BCUT2D eigenvalue weighted by Gasteiger charge is 2.26. The Balaban J connectivity index is 0.00000306. The number of aryl methyl sites for hydroxylation is 1. The van der Waals surface area contributed by atoms with Gasteiger partial charge in [-0.2, -0.15) is 9.83 Å². The van der Waals surface area contributed by atoms with Gasteiger partial charge in [-0.3, -0.25) is 0 Å². The highest BCUT2D eigenvalue weighted by molar-refractivity contribution is 8.03. The summed E-state index contributed by atoms with van der Waals surface area (Å²) in [5.41, 5.74) is 3.98. The van der Waals surface area contributed by atoms with Crippen LogP contribution in [0.1, 0.15) is 18.9 Å². The van der Waals surface area contributed by atoms with E-state index in [9.17, 15) is 5.26 Å². The van der Waals surface area contributed by atoms with Gasteiger partial charge in [0.25, 0.3) is 0 Å².